The summed E-state index contributed by atoms with van der Waals surface area (Å²) in [6.07, 6.45) is 0. The van der Waals surface area contributed by atoms with Gasteiger partial charge >= 0.3 is 0 Å². The lowest BCUT2D eigenvalue weighted by molar-refractivity contribution is 0.437. The van der Waals surface area contributed by atoms with Gasteiger partial charge in [-0.05, 0) is 170 Å². The van der Waals surface area contributed by atoms with E-state index in [1.54, 1.807) is 0 Å². The molecule has 0 aromatic heterocycles. The Bertz CT molecular complexity index is 4960. The van der Waals surface area contributed by atoms with Gasteiger partial charge in [0.25, 0.3) is 0 Å². The second-order valence-corrected chi connectivity index (χ2v) is 43.4. The van der Waals surface area contributed by atoms with Crippen molar-refractivity contribution in [3.05, 3.63) is 433 Å². The maximum Gasteiger partial charge on any atom is 0.193 e. The molecule has 0 amide bonds. The molecule has 0 unspecified atom stereocenters. The molecule has 0 fully saturated rings. The Kier molecular flexibility index (Phi) is 20.7. The fourth-order valence-electron chi connectivity index (χ4n) is 18.5. The number of rotatable bonds is 16. The van der Waals surface area contributed by atoms with Crippen LogP contribution in [0.3, 0.4) is 0 Å². The van der Waals surface area contributed by atoms with E-state index in [0.717, 1.165) is 63.7 Å². The summed E-state index contributed by atoms with van der Waals surface area (Å²) in [6, 6.07) is 128. The molecule has 1 aliphatic rings. The van der Waals surface area contributed by atoms with Gasteiger partial charge in [0.1, 0.15) is 63.7 Å². The number of hydrogen-bond donors (Lipinski definition) is 8. The van der Waals surface area contributed by atoms with Crippen LogP contribution in [0.25, 0.3) is 0 Å². The van der Waals surface area contributed by atoms with Crippen LogP contribution in [0.1, 0.15) is 95.9 Å². The number of phenolic OH excluding ortho intramolecular Hbond substituents is 8. The zero-order valence-electron chi connectivity index (χ0n) is 64.6. The largest absolute Gasteiger partial charge is 0.504 e. The van der Waals surface area contributed by atoms with E-state index in [1.165, 1.54) is 0 Å². The van der Waals surface area contributed by atoms with Crippen LogP contribution in [0.15, 0.2) is 388 Å². The average molecular weight is 1590 g/mol. The van der Waals surface area contributed by atoms with Crippen LogP contribution < -0.4 is 84.9 Å². The smallest absolute Gasteiger partial charge is 0.193 e. The van der Waals surface area contributed by atoms with Crippen molar-refractivity contribution < 1.29 is 40.9 Å². The first-order valence-electron chi connectivity index (χ1n) is 39.2. The third kappa shape index (κ3) is 12.1. The molecule has 0 saturated carbocycles. The van der Waals surface area contributed by atoms with Crippen LogP contribution in [0, 0.1) is 0 Å². The number of hydrogen-bond acceptors (Lipinski definition) is 8. The van der Waals surface area contributed by atoms with Crippen LogP contribution in [-0.4, -0.2) is 40.9 Å². The third-order valence-corrected chi connectivity index (χ3v) is 41.3. The summed E-state index contributed by atoms with van der Waals surface area (Å²) in [4.78, 5) is 0. The van der Waals surface area contributed by atoms with E-state index in [0.29, 0.717) is 44.5 Å². The maximum atomic E-state index is 14.7. The molecule has 12 heteroatoms. The van der Waals surface area contributed by atoms with Crippen molar-refractivity contribution >= 4 is 114 Å². The Labute approximate surface area is 680 Å². The van der Waals surface area contributed by atoms with Crippen molar-refractivity contribution in [2.24, 2.45) is 0 Å². The molecule has 0 heterocycles. The minimum atomic E-state index is -3.57. The Morgan fingerprint density at radius 1 is 0.147 bits per heavy atom. The Hall–Kier alpha value is -12.4. The topological polar surface area (TPSA) is 162 Å². The molecule has 116 heavy (non-hydrogen) atoms. The summed E-state index contributed by atoms with van der Waals surface area (Å²) < 4.78 is 0. The highest BCUT2D eigenvalue weighted by molar-refractivity contribution is 8.03. The van der Waals surface area contributed by atoms with Gasteiger partial charge < -0.3 is 40.9 Å². The number of fused-ring (bicyclic) bond motifs is 8. The second kappa shape index (κ2) is 31.4. The summed E-state index contributed by atoms with van der Waals surface area (Å²) in [5, 5.41) is 129. The van der Waals surface area contributed by atoms with E-state index in [4.69, 9.17) is 0 Å². The Morgan fingerprint density at radius 2 is 0.233 bits per heavy atom. The van der Waals surface area contributed by atoms with E-state index < -0.39 is 52.7 Å². The number of benzene rings is 16. The lowest BCUT2D eigenvalue weighted by atomic mass is 9.80. The molecule has 8 bridgehead atoms. The zero-order valence-corrected chi connectivity index (χ0v) is 68.2. The number of phenols is 8. The molecule has 0 spiro atoms. The summed E-state index contributed by atoms with van der Waals surface area (Å²) in [6.45, 7) is 7.78. The highest BCUT2D eigenvalue weighted by atomic mass is 31.2. The molecular weight excluding hydrogens is 1500 g/mol. The summed E-state index contributed by atoms with van der Waals surface area (Å²) in [7, 11) is -14.3. The molecule has 8 nitrogen and oxygen atoms in total. The molecule has 16 aromatic carbocycles. The first-order valence-corrected chi connectivity index (χ1v) is 46.4. The van der Waals surface area contributed by atoms with Crippen molar-refractivity contribution in [3.8, 4) is 46.0 Å². The summed E-state index contributed by atoms with van der Waals surface area (Å²) in [5.74, 6) is -6.11. The van der Waals surface area contributed by atoms with Crippen LogP contribution in [0.4, 0.5) is 0 Å². The van der Waals surface area contributed by atoms with E-state index in [1.807, 2.05) is 270 Å². The molecule has 16 aromatic rings. The second-order valence-electron chi connectivity index (χ2n) is 30.0. The van der Waals surface area contributed by atoms with E-state index in [2.05, 4.69) is 146 Å². The highest BCUT2D eigenvalue weighted by Gasteiger charge is 2.59. The van der Waals surface area contributed by atoms with Gasteiger partial charge in [0.2, 0.25) is 0 Å². The monoisotopic (exact) mass is 1590 g/mol. The fourth-order valence-corrected chi connectivity index (χ4v) is 36.2. The van der Waals surface area contributed by atoms with Gasteiger partial charge in [-0.1, -0.05) is 246 Å². The summed E-state index contributed by atoms with van der Waals surface area (Å²) >= 11 is 0. The summed E-state index contributed by atoms with van der Waals surface area (Å²) in [5.41, 5.74) is 2.44. The highest BCUT2D eigenvalue weighted by Crippen LogP contribution is 2.67. The van der Waals surface area contributed by atoms with Crippen LogP contribution in [0.2, 0.25) is 0 Å². The van der Waals surface area contributed by atoms with Gasteiger partial charge in [0.15, 0.2) is 96.3 Å². The zero-order chi connectivity index (χ0) is 80.0. The predicted molar refractivity (Wildman–Crippen MR) is 488 cm³/mol. The van der Waals surface area contributed by atoms with Crippen LogP contribution >= 0.6 is 29.0 Å². The average Bonchev–Trinajstić information content (AvgIpc) is 0.709. The van der Waals surface area contributed by atoms with Gasteiger partial charge in [-0.2, -0.15) is 0 Å². The molecule has 0 aliphatic heterocycles. The first kappa shape index (κ1) is 76.3. The minimum absolute atomic E-state index is 0.228. The van der Waals surface area contributed by atoms with Gasteiger partial charge in [0, 0.05) is 68.2 Å². The third-order valence-electron chi connectivity index (χ3n) is 24.0. The van der Waals surface area contributed by atoms with Crippen LogP contribution in [0.5, 0.6) is 46.0 Å². The molecule has 0 atom stereocenters. The SMILES string of the molecule is CC1c2cc(c(O)c([P+](c3ccccc3)(c3ccccc3)c3ccccc3)c2O)C(C)c2cc(c(O)c([P+](c3ccccc3)(c3ccccc3)c3ccccc3)c2O)C(C)c2cc(c(O)c([P+](c3ccccc3)(c3ccccc3)c3ccccc3)c2O)C(C)c2cc1c(O)c([P+](c1ccccc1)(c1ccccc1)c1ccccc1)c2O. The Morgan fingerprint density at radius 3 is 0.319 bits per heavy atom. The van der Waals surface area contributed by atoms with E-state index >= 15 is 0 Å². The van der Waals surface area contributed by atoms with E-state index in [9.17, 15) is 40.9 Å². The Balaban J connectivity index is 1.11. The quantitative estimate of drug-likeness (QED) is 0.0444. The fraction of sp³-hybridized carbons (Fsp3) is 0.0769. The first-order chi connectivity index (χ1) is 56.6. The van der Waals surface area contributed by atoms with Crippen LogP contribution in [-0.2, 0) is 0 Å². The maximum absolute atomic E-state index is 14.7. The van der Waals surface area contributed by atoms with Crippen molar-refractivity contribution in [1.82, 2.24) is 0 Å². The molecular formula is C104H88O8P4+4. The standard InChI is InChI=1S/C104H84O8P4/c1-69-85-65-87(95(107)101(93(85)105)113(73-41-17-5-18-42-73,74-43-19-6-20-44-74)75-45-21-7-22-46-75)70(2)89-67-91(99(111)103(97(89)109)115(79-53-29-11-30-54-79,80-55-31-12-32-56-80)81-57-33-13-34-58-81)72(4)92-68-90(98(110)104(100(92)112)116(82-59-35-14-36-60-82,83-61-37-15-38-62-83)84-63-39-16-40-64-84)71(3)88-66-86(69)94(106)102(96(88)108)114(76-47-23-8-24-48-76,77-49-25-9-26-50-77)78-51-27-10-28-52-78/h5-72H,1-4H3,(H4-4,105,106,107,108,109,110,111,112)/p+4. The molecule has 1 aliphatic carbocycles. The minimum Gasteiger partial charge on any atom is -0.504 e. The van der Waals surface area contributed by atoms with Gasteiger partial charge in [-0.25, -0.2) is 0 Å². The lowest BCUT2D eigenvalue weighted by Gasteiger charge is -2.34. The van der Waals surface area contributed by atoms with E-state index in [-0.39, 0.29) is 67.2 Å². The van der Waals surface area contributed by atoms with Gasteiger partial charge in [-0.3, -0.25) is 0 Å². The molecule has 0 radical (unpaired) electrons. The number of aromatic hydroxyl groups is 8. The van der Waals surface area contributed by atoms with Crippen molar-refractivity contribution in [3.63, 3.8) is 0 Å². The molecule has 8 N–H and O–H groups in total. The lowest BCUT2D eigenvalue weighted by Crippen LogP contribution is -2.40. The normalized spacial score (nSPS) is 15.0. The molecule has 0 saturated heterocycles. The van der Waals surface area contributed by atoms with Crippen molar-refractivity contribution in [1.29, 1.82) is 0 Å². The van der Waals surface area contributed by atoms with Gasteiger partial charge in [-0.15, -0.1) is 0 Å². The molecule has 568 valence electrons. The predicted octanol–water partition coefficient (Wildman–Crippen LogP) is 16.7. The van der Waals surface area contributed by atoms with Crippen molar-refractivity contribution in [2.75, 3.05) is 0 Å². The molecule has 17 rings (SSSR count). The van der Waals surface area contributed by atoms with Gasteiger partial charge in [0.05, 0.1) is 0 Å². The van der Waals surface area contributed by atoms with Crippen molar-refractivity contribution in [2.45, 2.75) is 51.4 Å².